The van der Waals surface area contributed by atoms with Crippen molar-refractivity contribution in [1.82, 2.24) is 4.98 Å². The first kappa shape index (κ1) is 13.6. The molecule has 2 nitrogen and oxygen atoms in total. The monoisotopic (exact) mass is 305 g/mol. The minimum Gasteiger partial charge on any atom is -0.392 e. The van der Waals surface area contributed by atoms with Gasteiger partial charge in [-0.25, -0.2) is 4.39 Å². The Kier molecular flexibility index (Phi) is 4.07. The van der Waals surface area contributed by atoms with Crippen molar-refractivity contribution in [3.63, 3.8) is 0 Å². The fraction of sp³-hybridized carbons (Fsp3) is 0.0833. The van der Waals surface area contributed by atoms with Gasteiger partial charge in [0.05, 0.1) is 28.5 Å². The number of pyridine rings is 1. The Balaban J connectivity index is 2.69. The summed E-state index contributed by atoms with van der Waals surface area (Å²) < 4.78 is 13.1. The lowest BCUT2D eigenvalue weighted by Crippen LogP contribution is -1.96. The Bertz CT molecular complexity index is 581. The molecule has 1 N–H and O–H groups in total. The molecule has 0 fully saturated rings. The molecule has 6 heteroatoms. The molecule has 0 aliphatic rings. The van der Waals surface area contributed by atoms with E-state index in [2.05, 4.69) is 4.98 Å². The highest BCUT2D eigenvalue weighted by atomic mass is 35.5. The van der Waals surface area contributed by atoms with Crippen LogP contribution in [-0.4, -0.2) is 10.1 Å². The Hall–Kier alpha value is -0.870. The summed E-state index contributed by atoms with van der Waals surface area (Å²) in [5.74, 6) is -0.538. The third-order valence-corrected chi connectivity index (χ3v) is 3.16. The third kappa shape index (κ3) is 2.59. The predicted octanol–water partition coefficient (Wildman–Crippen LogP) is 4.34. The van der Waals surface area contributed by atoms with Gasteiger partial charge in [0.1, 0.15) is 5.82 Å². The fourth-order valence-corrected chi connectivity index (χ4v) is 2.59. The Morgan fingerprint density at radius 3 is 2.28 bits per heavy atom. The van der Waals surface area contributed by atoms with E-state index in [0.717, 1.165) is 6.20 Å². The Morgan fingerprint density at radius 1 is 1.11 bits per heavy atom. The quantitative estimate of drug-likeness (QED) is 0.895. The molecule has 0 spiro atoms. The largest absolute Gasteiger partial charge is 0.392 e. The summed E-state index contributed by atoms with van der Waals surface area (Å²) in [6.07, 6.45) is 1.04. The number of halogens is 4. The first-order valence-electron chi connectivity index (χ1n) is 4.93. The van der Waals surface area contributed by atoms with E-state index < -0.39 is 5.82 Å². The first-order valence-corrected chi connectivity index (χ1v) is 6.06. The summed E-state index contributed by atoms with van der Waals surface area (Å²) in [5, 5.41) is 10.2. The molecule has 1 aromatic heterocycles. The van der Waals surface area contributed by atoms with E-state index in [9.17, 15) is 9.50 Å². The van der Waals surface area contributed by atoms with Gasteiger partial charge >= 0.3 is 0 Å². The molecule has 2 rings (SSSR count). The van der Waals surface area contributed by atoms with Crippen LogP contribution in [0.25, 0.3) is 11.3 Å². The van der Waals surface area contributed by atoms with E-state index in [-0.39, 0.29) is 6.61 Å². The Morgan fingerprint density at radius 2 is 1.72 bits per heavy atom. The van der Waals surface area contributed by atoms with Gasteiger partial charge in [0.25, 0.3) is 0 Å². The molecule has 0 atom stereocenters. The second kappa shape index (κ2) is 5.41. The lowest BCUT2D eigenvalue weighted by atomic mass is 10.1. The zero-order valence-electron chi connectivity index (χ0n) is 8.92. The van der Waals surface area contributed by atoms with Crippen LogP contribution in [0.15, 0.2) is 24.4 Å². The molecule has 2 aromatic rings. The number of aromatic nitrogens is 1. The van der Waals surface area contributed by atoms with Gasteiger partial charge in [-0.05, 0) is 18.2 Å². The van der Waals surface area contributed by atoms with Crippen molar-refractivity contribution in [2.45, 2.75) is 6.61 Å². The second-order valence-electron chi connectivity index (χ2n) is 3.56. The lowest BCUT2D eigenvalue weighted by molar-refractivity contribution is 0.281. The minimum atomic E-state index is -0.538. The lowest BCUT2D eigenvalue weighted by Gasteiger charge is -2.10. The van der Waals surface area contributed by atoms with E-state index in [1.54, 1.807) is 0 Å². The molecule has 0 radical (unpaired) electrons. The second-order valence-corrected chi connectivity index (χ2v) is 4.81. The first-order chi connectivity index (χ1) is 8.52. The van der Waals surface area contributed by atoms with E-state index in [4.69, 9.17) is 34.8 Å². The van der Waals surface area contributed by atoms with E-state index in [1.807, 2.05) is 0 Å². The van der Waals surface area contributed by atoms with Crippen LogP contribution in [0.1, 0.15) is 5.56 Å². The fourth-order valence-electron chi connectivity index (χ4n) is 1.60. The van der Waals surface area contributed by atoms with Gasteiger partial charge in [0, 0.05) is 16.1 Å². The molecular formula is C12H7Cl3FNO. The van der Waals surface area contributed by atoms with Crippen LogP contribution in [0.4, 0.5) is 4.39 Å². The molecule has 0 saturated heterocycles. The van der Waals surface area contributed by atoms with Crippen LogP contribution >= 0.6 is 34.8 Å². The van der Waals surface area contributed by atoms with E-state index in [0.29, 0.717) is 31.9 Å². The molecular weight excluding hydrogens is 299 g/mol. The smallest absolute Gasteiger partial charge is 0.141 e. The Labute approximate surface area is 118 Å². The zero-order valence-corrected chi connectivity index (χ0v) is 11.2. The summed E-state index contributed by atoms with van der Waals surface area (Å²) in [5.41, 5.74) is 1.07. The standard InChI is InChI=1S/C12H7Cl3FNO/c13-7-2-9(14)11(10(15)3-7)12-6(5-18)1-8(16)4-17-12/h1-4,18H,5H2. The van der Waals surface area contributed by atoms with Crippen LogP contribution in [0.2, 0.25) is 15.1 Å². The molecule has 94 valence electrons. The molecule has 0 bridgehead atoms. The summed E-state index contributed by atoms with van der Waals surface area (Å²) in [7, 11) is 0. The van der Waals surface area contributed by atoms with Crippen molar-refractivity contribution in [2.75, 3.05) is 0 Å². The number of aliphatic hydroxyl groups excluding tert-OH is 1. The van der Waals surface area contributed by atoms with Crippen LogP contribution in [0.5, 0.6) is 0 Å². The van der Waals surface area contributed by atoms with Gasteiger partial charge in [-0.3, -0.25) is 4.98 Å². The molecule has 0 aliphatic heterocycles. The summed E-state index contributed by atoms with van der Waals surface area (Å²) in [4.78, 5) is 3.92. The average molecular weight is 307 g/mol. The highest BCUT2D eigenvalue weighted by Crippen LogP contribution is 2.37. The van der Waals surface area contributed by atoms with Crippen LogP contribution in [0, 0.1) is 5.82 Å². The van der Waals surface area contributed by atoms with Gasteiger partial charge in [0.15, 0.2) is 0 Å². The number of hydrogen-bond acceptors (Lipinski definition) is 2. The number of benzene rings is 1. The highest BCUT2D eigenvalue weighted by molar-refractivity contribution is 6.41. The van der Waals surface area contributed by atoms with Crippen molar-refractivity contribution in [2.24, 2.45) is 0 Å². The topological polar surface area (TPSA) is 33.1 Å². The summed E-state index contributed by atoms with van der Waals surface area (Å²) in [6.45, 7) is -0.366. The van der Waals surface area contributed by atoms with Gasteiger partial charge in [-0.1, -0.05) is 34.8 Å². The number of aliphatic hydroxyl groups is 1. The maximum atomic E-state index is 13.1. The van der Waals surface area contributed by atoms with Crippen LogP contribution in [0.3, 0.4) is 0 Å². The molecule has 0 unspecified atom stereocenters. The molecule has 1 heterocycles. The summed E-state index contributed by atoms with van der Waals surface area (Å²) >= 11 is 17.9. The van der Waals surface area contributed by atoms with Crippen molar-refractivity contribution < 1.29 is 9.50 Å². The number of hydrogen-bond donors (Lipinski definition) is 1. The van der Waals surface area contributed by atoms with Crippen molar-refractivity contribution >= 4 is 34.8 Å². The number of rotatable bonds is 2. The van der Waals surface area contributed by atoms with E-state index in [1.165, 1.54) is 18.2 Å². The molecule has 0 amide bonds. The molecule has 0 saturated carbocycles. The molecule has 1 aromatic carbocycles. The average Bonchev–Trinajstić information content (AvgIpc) is 2.29. The predicted molar refractivity (Wildman–Crippen MR) is 70.6 cm³/mol. The molecule has 0 aliphatic carbocycles. The van der Waals surface area contributed by atoms with Crippen molar-refractivity contribution in [3.8, 4) is 11.3 Å². The van der Waals surface area contributed by atoms with Crippen molar-refractivity contribution in [1.29, 1.82) is 0 Å². The number of nitrogens with zero attached hydrogens (tertiary/aromatic N) is 1. The maximum absolute atomic E-state index is 13.1. The van der Waals surface area contributed by atoms with E-state index >= 15 is 0 Å². The minimum absolute atomic E-state index is 0.293. The van der Waals surface area contributed by atoms with Gasteiger partial charge in [-0.2, -0.15) is 0 Å². The third-order valence-electron chi connectivity index (χ3n) is 2.35. The highest BCUT2D eigenvalue weighted by Gasteiger charge is 2.15. The maximum Gasteiger partial charge on any atom is 0.141 e. The van der Waals surface area contributed by atoms with Gasteiger partial charge in [-0.15, -0.1) is 0 Å². The SMILES string of the molecule is OCc1cc(F)cnc1-c1c(Cl)cc(Cl)cc1Cl. The summed E-state index contributed by atoms with van der Waals surface area (Å²) in [6, 6.07) is 4.20. The zero-order chi connectivity index (χ0) is 13.3. The van der Waals surface area contributed by atoms with Gasteiger partial charge < -0.3 is 5.11 Å². The van der Waals surface area contributed by atoms with Crippen LogP contribution in [-0.2, 0) is 6.61 Å². The van der Waals surface area contributed by atoms with Crippen molar-refractivity contribution in [3.05, 3.63) is 50.8 Å². The molecule has 18 heavy (non-hydrogen) atoms. The normalized spacial score (nSPS) is 10.7. The van der Waals surface area contributed by atoms with Gasteiger partial charge in [0.2, 0.25) is 0 Å². The van der Waals surface area contributed by atoms with Crippen LogP contribution < -0.4 is 0 Å².